The number of carbonyl (C=O) groups is 1. The quantitative estimate of drug-likeness (QED) is 0.470. The van der Waals surface area contributed by atoms with E-state index >= 15 is 0 Å². The first-order valence-corrected chi connectivity index (χ1v) is 9.67. The lowest BCUT2D eigenvalue weighted by molar-refractivity contribution is 0.102. The lowest BCUT2D eigenvalue weighted by Gasteiger charge is -2.07. The van der Waals surface area contributed by atoms with Gasteiger partial charge in [0.05, 0.1) is 18.4 Å². The molecule has 31 heavy (non-hydrogen) atoms. The summed E-state index contributed by atoms with van der Waals surface area (Å²) in [7, 11) is 0. The topological polar surface area (TPSA) is 99.8 Å². The molecule has 0 aliphatic rings. The van der Waals surface area contributed by atoms with Gasteiger partial charge in [-0.15, -0.1) is 5.10 Å². The van der Waals surface area contributed by atoms with Crippen LogP contribution in [0.4, 0.5) is 10.1 Å². The third kappa shape index (κ3) is 5.10. The fourth-order valence-corrected chi connectivity index (χ4v) is 2.96. The SMILES string of the molecule is CCn1nnnc1COc1ccc(C(=O)Nc2cnn(Cc3cccc(F)c3)c2)cc1. The molecule has 0 saturated carbocycles. The third-order valence-corrected chi connectivity index (χ3v) is 4.51. The average Bonchev–Trinajstić information content (AvgIpc) is 3.41. The molecule has 0 fully saturated rings. The van der Waals surface area contributed by atoms with Crippen molar-refractivity contribution in [3.63, 3.8) is 0 Å². The van der Waals surface area contributed by atoms with Gasteiger partial charge in [0.2, 0.25) is 0 Å². The Morgan fingerprint density at radius 1 is 1.19 bits per heavy atom. The molecule has 158 valence electrons. The fourth-order valence-electron chi connectivity index (χ4n) is 2.96. The number of anilines is 1. The number of ether oxygens (including phenoxy) is 1. The van der Waals surface area contributed by atoms with Gasteiger partial charge in [-0.05, 0) is 59.3 Å². The number of aryl methyl sites for hydroxylation is 1. The van der Waals surface area contributed by atoms with Crippen molar-refractivity contribution in [3.8, 4) is 5.75 Å². The molecule has 4 rings (SSSR count). The zero-order chi connectivity index (χ0) is 21.6. The number of benzene rings is 2. The summed E-state index contributed by atoms with van der Waals surface area (Å²) in [4.78, 5) is 12.5. The van der Waals surface area contributed by atoms with E-state index in [2.05, 4.69) is 25.9 Å². The second-order valence-electron chi connectivity index (χ2n) is 6.73. The first-order chi connectivity index (χ1) is 15.1. The molecule has 0 aliphatic carbocycles. The zero-order valence-corrected chi connectivity index (χ0v) is 16.8. The van der Waals surface area contributed by atoms with E-state index in [-0.39, 0.29) is 18.3 Å². The molecule has 2 aromatic heterocycles. The maximum atomic E-state index is 13.3. The van der Waals surface area contributed by atoms with Crippen LogP contribution in [0.3, 0.4) is 0 Å². The summed E-state index contributed by atoms with van der Waals surface area (Å²) >= 11 is 0. The van der Waals surface area contributed by atoms with Crippen molar-refractivity contribution >= 4 is 11.6 Å². The highest BCUT2D eigenvalue weighted by molar-refractivity contribution is 6.04. The van der Waals surface area contributed by atoms with Gasteiger partial charge < -0.3 is 10.1 Å². The van der Waals surface area contributed by atoms with E-state index in [1.807, 2.05) is 13.0 Å². The minimum Gasteiger partial charge on any atom is -0.486 e. The zero-order valence-electron chi connectivity index (χ0n) is 16.8. The summed E-state index contributed by atoms with van der Waals surface area (Å²) in [5.41, 5.74) is 1.81. The molecule has 0 radical (unpaired) electrons. The Hall–Kier alpha value is -4.08. The molecular weight excluding hydrogens is 401 g/mol. The van der Waals surface area contributed by atoms with E-state index < -0.39 is 0 Å². The summed E-state index contributed by atoms with van der Waals surface area (Å²) in [6, 6.07) is 13.1. The lowest BCUT2D eigenvalue weighted by atomic mass is 10.2. The lowest BCUT2D eigenvalue weighted by Crippen LogP contribution is -2.11. The van der Waals surface area contributed by atoms with Crippen molar-refractivity contribution in [3.05, 3.63) is 83.7 Å². The van der Waals surface area contributed by atoms with Crippen LogP contribution in [0.1, 0.15) is 28.7 Å². The largest absolute Gasteiger partial charge is 0.486 e. The van der Waals surface area contributed by atoms with Crippen molar-refractivity contribution in [2.45, 2.75) is 26.6 Å². The molecule has 2 aromatic carbocycles. The van der Waals surface area contributed by atoms with Crippen molar-refractivity contribution in [2.75, 3.05) is 5.32 Å². The highest BCUT2D eigenvalue weighted by atomic mass is 19.1. The number of hydrogen-bond donors (Lipinski definition) is 1. The summed E-state index contributed by atoms with van der Waals surface area (Å²) in [6.45, 7) is 3.24. The van der Waals surface area contributed by atoms with E-state index in [9.17, 15) is 9.18 Å². The van der Waals surface area contributed by atoms with Crippen LogP contribution in [0.2, 0.25) is 0 Å². The molecule has 0 bridgehead atoms. The molecule has 1 N–H and O–H groups in total. The summed E-state index contributed by atoms with van der Waals surface area (Å²) in [5.74, 6) is 0.658. The minimum atomic E-state index is -0.297. The number of tetrazole rings is 1. The first kappa shape index (κ1) is 20.2. The predicted molar refractivity (Wildman–Crippen MR) is 110 cm³/mol. The molecule has 0 saturated heterocycles. The van der Waals surface area contributed by atoms with Gasteiger partial charge in [-0.3, -0.25) is 9.48 Å². The molecule has 0 unspecified atom stereocenters. The molecular formula is C21H20FN7O2. The van der Waals surface area contributed by atoms with Crippen molar-refractivity contribution < 1.29 is 13.9 Å². The number of rotatable bonds is 8. The number of halogens is 1. The Morgan fingerprint density at radius 3 is 2.81 bits per heavy atom. The van der Waals surface area contributed by atoms with Crippen molar-refractivity contribution in [1.29, 1.82) is 0 Å². The molecule has 2 heterocycles. The Labute approximate surface area is 177 Å². The van der Waals surface area contributed by atoms with Gasteiger partial charge >= 0.3 is 0 Å². The maximum Gasteiger partial charge on any atom is 0.255 e. The standard InChI is InChI=1S/C21H20FN7O2/c1-2-29-20(25-26-27-29)14-31-19-8-6-16(7-9-19)21(30)24-18-11-23-28(13-18)12-15-4-3-5-17(22)10-15/h3-11,13H,2,12,14H2,1H3,(H,24,30). The van der Waals surface area contributed by atoms with Crippen LogP contribution < -0.4 is 10.1 Å². The van der Waals surface area contributed by atoms with E-state index in [1.54, 1.807) is 52.1 Å². The molecule has 1 amide bonds. The van der Waals surface area contributed by atoms with Crippen LogP contribution in [0.5, 0.6) is 5.75 Å². The Kier molecular flexibility index (Phi) is 5.97. The average molecular weight is 421 g/mol. The molecule has 10 heteroatoms. The van der Waals surface area contributed by atoms with Crippen LogP contribution in [0, 0.1) is 5.82 Å². The van der Waals surface area contributed by atoms with Gasteiger partial charge in [0.15, 0.2) is 5.82 Å². The van der Waals surface area contributed by atoms with Gasteiger partial charge in [-0.2, -0.15) is 5.10 Å². The van der Waals surface area contributed by atoms with Gasteiger partial charge in [-0.1, -0.05) is 12.1 Å². The van der Waals surface area contributed by atoms with Crippen LogP contribution >= 0.6 is 0 Å². The van der Waals surface area contributed by atoms with Gasteiger partial charge in [0.25, 0.3) is 5.91 Å². The number of amides is 1. The van der Waals surface area contributed by atoms with Crippen molar-refractivity contribution in [2.24, 2.45) is 0 Å². The van der Waals surface area contributed by atoms with Crippen molar-refractivity contribution in [1.82, 2.24) is 30.0 Å². The van der Waals surface area contributed by atoms with E-state index in [1.165, 1.54) is 12.1 Å². The smallest absolute Gasteiger partial charge is 0.255 e. The van der Waals surface area contributed by atoms with Crippen LogP contribution in [0.25, 0.3) is 0 Å². The molecule has 0 aliphatic heterocycles. The van der Waals surface area contributed by atoms with Gasteiger partial charge in [0.1, 0.15) is 18.2 Å². The normalized spacial score (nSPS) is 10.8. The van der Waals surface area contributed by atoms with Crippen LogP contribution in [0.15, 0.2) is 60.9 Å². The van der Waals surface area contributed by atoms with Gasteiger partial charge in [-0.25, -0.2) is 9.07 Å². The Morgan fingerprint density at radius 2 is 2.03 bits per heavy atom. The maximum absolute atomic E-state index is 13.3. The highest BCUT2D eigenvalue weighted by Gasteiger charge is 2.10. The third-order valence-electron chi connectivity index (χ3n) is 4.51. The molecule has 4 aromatic rings. The highest BCUT2D eigenvalue weighted by Crippen LogP contribution is 2.16. The van der Waals surface area contributed by atoms with E-state index in [0.717, 1.165) is 5.56 Å². The molecule has 9 nitrogen and oxygen atoms in total. The minimum absolute atomic E-state index is 0.233. The second-order valence-corrected chi connectivity index (χ2v) is 6.73. The Balaban J connectivity index is 1.33. The van der Waals surface area contributed by atoms with Crippen LogP contribution in [-0.2, 0) is 19.7 Å². The number of nitrogens with one attached hydrogen (secondary N) is 1. The number of hydrogen-bond acceptors (Lipinski definition) is 6. The number of aromatic nitrogens is 6. The van der Waals surface area contributed by atoms with Gasteiger partial charge in [0, 0.05) is 18.3 Å². The second kappa shape index (κ2) is 9.16. The fraction of sp³-hybridized carbons (Fsp3) is 0.190. The molecule has 0 spiro atoms. The predicted octanol–water partition coefficient (Wildman–Crippen LogP) is 2.91. The van der Waals surface area contributed by atoms with E-state index in [0.29, 0.717) is 35.9 Å². The summed E-state index contributed by atoms with van der Waals surface area (Å²) in [5, 5.41) is 18.4. The first-order valence-electron chi connectivity index (χ1n) is 9.67. The summed E-state index contributed by atoms with van der Waals surface area (Å²) in [6.07, 6.45) is 3.24. The van der Waals surface area contributed by atoms with Crippen LogP contribution in [-0.4, -0.2) is 35.9 Å². The number of nitrogens with zero attached hydrogens (tertiary/aromatic N) is 6. The van der Waals surface area contributed by atoms with E-state index in [4.69, 9.17) is 4.74 Å². The Bertz CT molecular complexity index is 1170. The summed E-state index contributed by atoms with van der Waals surface area (Å²) < 4.78 is 22.3. The monoisotopic (exact) mass is 421 g/mol. The molecule has 0 atom stereocenters. The number of carbonyl (C=O) groups excluding carboxylic acids is 1.